The fourth-order valence-electron chi connectivity index (χ4n) is 5.36. The summed E-state index contributed by atoms with van der Waals surface area (Å²) in [5.41, 5.74) is 1.43. The van der Waals surface area contributed by atoms with E-state index in [1.165, 1.54) is 44.3 Å². The predicted molar refractivity (Wildman–Crippen MR) is 109 cm³/mol. The van der Waals surface area contributed by atoms with Crippen molar-refractivity contribution < 1.29 is 4.79 Å². The molecule has 148 valence electrons. The Morgan fingerprint density at radius 3 is 2.70 bits per heavy atom. The molecule has 4 heteroatoms. The number of benzene rings is 1. The largest absolute Gasteiger partial charge is 0.343 e. The first-order chi connectivity index (χ1) is 13.3. The number of rotatable bonds is 6. The molecule has 3 heterocycles. The third kappa shape index (κ3) is 5.11. The van der Waals surface area contributed by atoms with Crippen molar-refractivity contribution in [2.75, 3.05) is 32.7 Å². The Bertz CT molecular complexity index is 599. The van der Waals surface area contributed by atoms with Gasteiger partial charge in [-0.1, -0.05) is 30.3 Å². The van der Waals surface area contributed by atoms with E-state index in [0.29, 0.717) is 11.9 Å². The van der Waals surface area contributed by atoms with Crippen LogP contribution in [0.25, 0.3) is 0 Å². The van der Waals surface area contributed by atoms with E-state index in [1.54, 1.807) is 0 Å². The topological polar surface area (TPSA) is 35.6 Å². The molecule has 3 saturated heterocycles. The van der Waals surface area contributed by atoms with Crippen molar-refractivity contribution in [1.29, 1.82) is 0 Å². The summed E-state index contributed by atoms with van der Waals surface area (Å²) >= 11 is 0. The van der Waals surface area contributed by atoms with Crippen molar-refractivity contribution in [2.45, 2.75) is 57.5 Å². The summed E-state index contributed by atoms with van der Waals surface area (Å²) in [6, 6.07) is 11.5. The van der Waals surface area contributed by atoms with Gasteiger partial charge in [0, 0.05) is 45.2 Å². The van der Waals surface area contributed by atoms with Crippen molar-refractivity contribution in [3.05, 3.63) is 35.9 Å². The molecule has 3 aliphatic rings. The van der Waals surface area contributed by atoms with E-state index in [-0.39, 0.29) is 0 Å². The standard InChI is InChI=1S/C23H35N3O/c27-23(26-12-5-2-6-13-26)11-7-10-22-21-14-20(15-24-22)17-25(18-21)16-19-8-3-1-4-9-19/h1,3-4,8-9,20-22,24H,2,5-7,10-18H2/t20-,21?,22+/m0/s1. The molecule has 3 atom stereocenters. The summed E-state index contributed by atoms with van der Waals surface area (Å²) in [5.74, 6) is 1.92. The average molecular weight is 370 g/mol. The van der Waals surface area contributed by atoms with E-state index >= 15 is 0 Å². The second-order valence-corrected chi connectivity index (χ2v) is 8.89. The molecular formula is C23H35N3O. The van der Waals surface area contributed by atoms with Gasteiger partial charge < -0.3 is 10.2 Å². The number of amides is 1. The first kappa shape index (κ1) is 18.9. The van der Waals surface area contributed by atoms with Crippen molar-refractivity contribution >= 4 is 5.91 Å². The Morgan fingerprint density at radius 2 is 1.89 bits per heavy atom. The third-order valence-corrected chi connectivity index (χ3v) is 6.75. The fourth-order valence-corrected chi connectivity index (χ4v) is 5.36. The molecule has 1 aromatic carbocycles. The van der Waals surface area contributed by atoms with Crippen LogP contribution in [0.5, 0.6) is 0 Å². The Morgan fingerprint density at radius 1 is 1.07 bits per heavy atom. The molecule has 3 fully saturated rings. The van der Waals surface area contributed by atoms with Gasteiger partial charge in [-0.25, -0.2) is 0 Å². The van der Waals surface area contributed by atoms with Gasteiger partial charge in [-0.15, -0.1) is 0 Å². The molecule has 0 radical (unpaired) electrons. The first-order valence-corrected chi connectivity index (χ1v) is 11.1. The Balaban J connectivity index is 1.24. The number of carbonyl (C=O) groups excluding carboxylic acids is 1. The summed E-state index contributed by atoms with van der Waals surface area (Å²) < 4.78 is 0. The SMILES string of the molecule is O=C(CCC[C@H]1NC[C@@H]2CC1CN(Cc1ccccc1)C2)N1CCCCC1. The van der Waals surface area contributed by atoms with Crippen LogP contribution in [0, 0.1) is 11.8 Å². The molecule has 3 aliphatic heterocycles. The average Bonchev–Trinajstić information content (AvgIpc) is 2.71. The molecular weight excluding hydrogens is 334 g/mol. The molecule has 1 aromatic rings. The number of hydrogen-bond donors (Lipinski definition) is 1. The van der Waals surface area contributed by atoms with Gasteiger partial charge in [0.25, 0.3) is 0 Å². The van der Waals surface area contributed by atoms with Crippen molar-refractivity contribution in [3.8, 4) is 0 Å². The quantitative estimate of drug-likeness (QED) is 0.836. The Kier molecular flexibility index (Phi) is 6.46. The highest BCUT2D eigenvalue weighted by atomic mass is 16.2. The van der Waals surface area contributed by atoms with Crippen molar-refractivity contribution in [1.82, 2.24) is 15.1 Å². The minimum atomic E-state index is 0.387. The number of nitrogens with one attached hydrogen (secondary N) is 1. The highest BCUT2D eigenvalue weighted by Crippen LogP contribution is 2.31. The number of carbonyl (C=O) groups is 1. The van der Waals surface area contributed by atoms with Crippen molar-refractivity contribution in [3.63, 3.8) is 0 Å². The summed E-state index contributed by atoms with van der Waals surface area (Å²) in [7, 11) is 0. The van der Waals surface area contributed by atoms with Gasteiger partial charge in [0.1, 0.15) is 0 Å². The van der Waals surface area contributed by atoms with E-state index in [9.17, 15) is 4.79 Å². The molecule has 1 amide bonds. The summed E-state index contributed by atoms with van der Waals surface area (Å²) in [6.07, 6.45) is 7.96. The van der Waals surface area contributed by atoms with Crippen LogP contribution in [-0.2, 0) is 11.3 Å². The molecule has 2 bridgehead atoms. The monoisotopic (exact) mass is 369 g/mol. The lowest BCUT2D eigenvalue weighted by Crippen LogP contribution is -2.55. The molecule has 27 heavy (non-hydrogen) atoms. The Hall–Kier alpha value is -1.39. The number of fused-ring (bicyclic) bond motifs is 2. The van der Waals surface area contributed by atoms with E-state index in [2.05, 4.69) is 45.4 Å². The van der Waals surface area contributed by atoms with Gasteiger partial charge in [-0.3, -0.25) is 9.69 Å². The van der Waals surface area contributed by atoms with Crippen LogP contribution in [-0.4, -0.2) is 54.5 Å². The zero-order valence-electron chi connectivity index (χ0n) is 16.6. The van der Waals surface area contributed by atoms with Crippen LogP contribution in [0.4, 0.5) is 0 Å². The van der Waals surface area contributed by atoms with Crippen LogP contribution < -0.4 is 5.32 Å². The highest BCUT2D eigenvalue weighted by molar-refractivity contribution is 5.76. The van der Waals surface area contributed by atoms with E-state index < -0.39 is 0 Å². The maximum Gasteiger partial charge on any atom is 0.222 e. The van der Waals surface area contributed by atoms with Gasteiger partial charge >= 0.3 is 0 Å². The molecule has 4 rings (SSSR count). The maximum atomic E-state index is 12.4. The van der Waals surface area contributed by atoms with Crippen LogP contribution >= 0.6 is 0 Å². The zero-order chi connectivity index (χ0) is 18.5. The van der Waals surface area contributed by atoms with Gasteiger partial charge in [-0.05, 0) is 62.5 Å². The minimum Gasteiger partial charge on any atom is -0.343 e. The van der Waals surface area contributed by atoms with E-state index in [1.807, 2.05) is 0 Å². The second-order valence-electron chi connectivity index (χ2n) is 8.89. The van der Waals surface area contributed by atoms with Gasteiger partial charge in [-0.2, -0.15) is 0 Å². The third-order valence-electron chi connectivity index (χ3n) is 6.75. The summed E-state index contributed by atoms with van der Waals surface area (Å²) in [5, 5.41) is 3.81. The molecule has 1 unspecified atom stereocenters. The summed E-state index contributed by atoms with van der Waals surface area (Å²) in [4.78, 5) is 17.2. The van der Waals surface area contributed by atoms with E-state index in [0.717, 1.165) is 57.3 Å². The van der Waals surface area contributed by atoms with E-state index in [4.69, 9.17) is 0 Å². The lowest BCUT2D eigenvalue weighted by molar-refractivity contribution is -0.132. The lowest BCUT2D eigenvalue weighted by Gasteiger charge is -2.46. The van der Waals surface area contributed by atoms with Gasteiger partial charge in [0.15, 0.2) is 0 Å². The zero-order valence-corrected chi connectivity index (χ0v) is 16.6. The lowest BCUT2D eigenvalue weighted by atomic mass is 9.79. The van der Waals surface area contributed by atoms with Gasteiger partial charge in [0.2, 0.25) is 5.91 Å². The number of likely N-dealkylation sites (tertiary alicyclic amines) is 2. The smallest absolute Gasteiger partial charge is 0.222 e. The van der Waals surface area contributed by atoms with Crippen LogP contribution in [0.3, 0.4) is 0 Å². The molecule has 0 aliphatic carbocycles. The second kappa shape index (κ2) is 9.20. The molecule has 1 N–H and O–H groups in total. The van der Waals surface area contributed by atoms with Crippen LogP contribution in [0.15, 0.2) is 30.3 Å². The van der Waals surface area contributed by atoms with Crippen molar-refractivity contribution in [2.24, 2.45) is 11.8 Å². The van der Waals surface area contributed by atoms with Crippen LogP contribution in [0.1, 0.15) is 50.5 Å². The molecule has 4 nitrogen and oxygen atoms in total. The highest BCUT2D eigenvalue weighted by Gasteiger charge is 2.36. The normalized spacial score (nSPS) is 28.9. The first-order valence-electron chi connectivity index (χ1n) is 11.1. The predicted octanol–water partition coefficient (Wildman–Crippen LogP) is 3.28. The number of piperidine rings is 3. The molecule has 0 spiro atoms. The molecule has 0 saturated carbocycles. The molecule has 0 aromatic heterocycles. The minimum absolute atomic E-state index is 0.387. The maximum absolute atomic E-state index is 12.4. The van der Waals surface area contributed by atoms with Gasteiger partial charge in [0.05, 0.1) is 0 Å². The number of nitrogens with zero attached hydrogens (tertiary/aromatic N) is 2. The Labute approximate surface area is 164 Å². The fraction of sp³-hybridized carbons (Fsp3) is 0.696. The summed E-state index contributed by atoms with van der Waals surface area (Å²) in [6.45, 7) is 6.61. The number of hydrogen-bond acceptors (Lipinski definition) is 3. The van der Waals surface area contributed by atoms with Crippen LogP contribution in [0.2, 0.25) is 0 Å².